The monoisotopic (exact) mass is 337 g/mol. The van der Waals surface area contributed by atoms with Crippen molar-refractivity contribution in [3.8, 4) is 0 Å². The van der Waals surface area contributed by atoms with Crippen LogP contribution < -0.4 is 5.32 Å². The lowest BCUT2D eigenvalue weighted by molar-refractivity contribution is -0.127. The molecule has 1 aliphatic heterocycles. The second kappa shape index (κ2) is 5.50. The van der Waals surface area contributed by atoms with Gasteiger partial charge in [-0.05, 0) is 18.2 Å². The summed E-state index contributed by atoms with van der Waals surface area (Å²) in [5.74, 6) is -1.47. The molecule has 0 radical (unpaired) electrons. The van der Waals surface area contributed by atoms with Gasteiger partial charge in [-0.2, -0.15) is 0 Å². The molecule has 7 heteroatoms. The van der Waals surface area contributed by atoms with E-state index in [2.05, 4.69) is 21.2 Å². The van der Waals surface area contributed by atoms with Crippen molar-refractivity contribution in [3.05, 3.63) is 34.1 Å². The zero-order valence-electron chi connectivity index (χ0n) is 9.76. The highest BCUT2D eigenvalue weighted by atomic mass is 79.9. The number of carbonyl (C=O) groups excluding carboxylic acids is 1. The molecule has 1 atom stereocenters. The summed E-state index contributed by atoms with van der Waals surface area (Å²) in [6.07, 6.45) is -3.13. The van der Waals surface area contributed by atoms with E-state index >= 15 is 0 Å². The number of carbonyl (C=O) groups is 1. The molecule has 19 heavy (non-hydrogen) atoms. The van der Waals surface area contributed by atoms with Crippen molar-refractivity contribution in [2.24, 2.45) is 0 Å². The van der Waals surface area contributed by atoms with Crippen LogP contribution in [0.25, 0.3) is 0 Å². The van der Waals surface area contributed by atoms with E-state index in [1.165, 1.54) is 12.1 Å². The lowest BCUT2D eigenvalue weighted by atomic mass is 9.86. The molecular weight excluding hydrogens is 327 g/mol. The number of benzene rings is 1. The Balaban J connectivity index is 2.54. The summed E-state index contributed by atoms with van der Waals surface area (Å²) < 4.78 is 46.2. The maximum Gasteiger partial charge on any atom is 0.265 e. The number of rotatable bonds is 2. The molecule has 1 aromatic rings. The first-order valence-corrected chi connectivity index (χ1v) is 6.37. The van der Waals surface area contributed by atoms with Gasteiger partial charge in [-0.25, -0.2) is 13.2 Å². The summed E-state index contributed by atoms with van der Waals surface area (Å²) in [5, 5.41) is 2.20. The van der Waals surface area contributed by atoms with Gasteiger partial charge in [0.25, 0.3) is 6.43 Å². The van der Waals surface area contributed by atoms with Crippen LogP contribution in [0.3, 0.4) is 0 Å². The number of hydrogen-bond donors (Lipinski definition) is 1. The Labute approximate surface area is 116 Å². The largest absolute Gasteiger partial charge is 0.372 e. The molecule has 1 N–H and O–H groups in total. The van der Waals surface area contributed by atoms with E-state index in [4.69, 9.17) is 4.74 Å². The molecule has 0 spiro atoms. The minimum Gasteiger partial charge on any atom is -0.372 e. The standard InChI is InChI=1S/C12H11BrF3NO2/c13-7-1-2-9(14)8(5-7)12(11(15)16)3-4-19-6-10(18)17-12/h1-2,5,11H,3-4,6H2,(H,17,18). The lowest BCUT2D eigenvalue weighted by Crippen LogP contribution is -2.51. The minimum absolute atomic E-state index is 0.0466. The van der Waals surface area contributed by atoms with E-state index < -0.39 is 23.7 Å². The molecule has 1 heterocycles. The quantitative estimate of drug-likeness (QED) is 0.900. The normalized spacial score (nSPS) is 24.2. The van der Waals surface area contributed by atoms with Crippen LogP contribution in [-0.2, 0) is 15.1 Å². The highest BCUT2D eigenvalue weighted by molar-refractivity contribution is 9.10. The van der Waals surface area contributed by atoms with E-state index in [-0.39, 0.29) is 25.2 Å². The summed E-state index contributed by atoms with van der Waals surface area (Å²) in [7, 11) is 0. The van der Waals surface area contributed by atoms with Crippen LogP contribution in [-0.4, -0.2) is 25.5 Å². The molecule has 1 aromatic carbocycles. The predicted octanol–water partition coefficient (Wildman–Crippen LogP) is 2.59. The van der Waals surface area contributed by atoms with E-state index in [1.54, 1.807) is 0 Å². The van der Waals surface area contributed by atoms with Gasteiger partial charge in [0, 0.05) is 16.5 Å². The zero-order chi connectivity index (χ0) is 14.0. The van der Waals surface area contributed by atoms with Crippen LogP contribution in [0.5, 0.6) is 0 Å². The Kier molecular flexibility index (Phi) is 4.15. The van der Waals surface area contributed by atoms with Crippen molar-refractivity contribution in [3.63, 3.8) is 0 Å². The average molecular weight is 338 g/mol. The SMILES string of the molecule is O=C1COCCC(c2cc(Br)ccc2F)(C(F)F)N1. The summed E-state index contributed by atoms with van der Waals surface area (Å²) in [4.78, 5) is 11.5. The van der Waals surface area contributed by atoms with Crippen LogP contribution in [0.15, 0.2) is 22.7 Å². The molecule has 1 amide bonds. The Morgan fingerprint density at radius 3 is 2.84 bits per heavy atom. The van der Waals surface area contributed by atoms with Gasteiger partial charge >= 0.3 is 0 Å². The topological polar surface area (TPSA) is 38.3 Å². The van der Waals surface area contributed by atoms with Crippen LogP contribution >= 0.6 is 15.9 Å². The molecule has 2 rings (SSSR count). The van der Waals surface area contributed by atoms with Gasteiger partial charge in [0.1, 0.15) is 18.0 Å². The van der Waals surface area contributed by atoms with Gasteiger partial charge in [0.05, 0.1) is 6.61 Å². The molecule has 1 saturated heterocycles. The summed E-state index contributed by atoms with van der Waals surface area (Å²) in [6.45, 7) is -0.348. The average Bonchev–Trinajstić information content (AvgIpc) is 2.55. The van der Waals surface area contributed by atoms with Gasteiger partial charge in [0.2, 0.25) is 5.91 Å². The van der Waals surface area contributed by atoms with Gasteiger partial charge in [-0.3, -0.25) is 4.79 Å². The third-order valence-electron chi connectivity index (χ3n) is 3.02. The Bertz CT molecular complexity index is 498. The van der Waals surface area contributed by atoms with Crippen molar-refractivity contribution in [1.82, 2.24) is 5.32 Å². The first-order valence-electron chi connectivity index (χ1n) is 5.58. The number of halogens is 4. The molecule has 0 bridgehead atoms. The Morgan fingerprint density at radius 2 is 2.16 bits per heavy atom. The lowest BCUT2D eigenvalue weighted by Gasteiger charge is -2.33. The zero-order valence-corrected chi connectivity index (χ0v) is 11.3. The summed E-state index contributed by atoms with van der Waals surface area (Å²) in [5.41, 5.74) is -2.29. The predicted molar refractivity (Wildman–Crippen MR) is 65.4 cm³/mol. The molecular formula is C12H11BrF3NO2. The second-order valence-corrected chi connectivity index (χ2v) is 5.16. The van der Waals surface area contributed by atoms with E-state index in [0.29, 0.717) is 4.47 Å². The van der Waals surface area contributed by atoms with Crippen molar-refractivity contribution >= 4 is 21.8 Å². The van der Waals surface area contributed by atoms with Crippen LogP contribution in [0.2, 0.25) is 0 Å². The fourth-order valence-electron chi connectivity index (χ4n) is 2.07. The fraction of sp³-hybridized carbons (Fsp3) is 0.417. The number of nitrogens with one attached hydrogen (secondary N) is 1. The maximum atomic E-state index is 13.9. The van der Waals surface area contributed by atoms with Crippen molar-refractivity contribution < 1.29 is 22.7 Å². The third-order valence-corrected chi connectivity index (χ3v) is 3.51. The molecule has 0 saturated carbocycles. The second-order valence-electron chi connectivity index (χ2n) is 4.25. The molecule has 1 unspecified atom stereocenters. The summed E-state index contributed by atoms with van der Waals surface area (Å²) in [6, 6.07) is 3.75. The first kappa shape index (κ1) is 14.3. The van der Waals surface area contributed by atoms with E-state index in [1.807, 2.05) is 0 Å². The smallest absolute Gasteiger partial charge is 0.265 e. The molecule has 1 aliphatic rings. The van der Waals surface area contributed by atoms with Gasteiger partial charge in [-0.15, -0.1) is 0 Å². The van der Waals surface area contributed by atoms with Gasteiger partial charge in [-0.1, -0.05) is 15.9 Å². The number of hydrogen-bond acceptors (Lipinski definition) is 2. The number of amides is 1. The van der Waals surface area contributed by atoms with Gasteiger partial charge < -0.3 is 10.1 Å². The fourth-order valence-corrected chi connectivity index (χ4v) is 2.43. The molecule has 3 nitrogen and oxygen atoms in total. The molecule has 1 fully saturated rings. The maximum absolute atomic E-state index is 13.9. The molecule has 0 aliphatic carbocycles. The van der Waals surface area contributed by atoms with Crippen LogP contribution in [0.4, 0.5) is 13.2 Å². The minimum atomic E-state index is -2.94. The van der Waals surface area contributed by atoms with Crippen molar-refractivity contribution in [2.45, 2.75) is 18.4 Å². The van der Waals surface area contributed by atoms with Crippen LogP contribution in [0, 0.1) is 5.82 Å². The molecule has 104 valence electrons. The van der Waals surface area contributed by atoms with E-state index in [0.717, 1.165) is 6.07 Å². The van der Waals surface area contributed by atoms with Gasteiger partial charge in [0.15, 0.2) is 0 Å². The van der Waals surface area contributed by atoms with Crippen molar-refractivity contribution in [2.75, 3.05) is 13.2 Å². The number of alkyl halides is 2. The summed E-state index contributed by atoms with van der Waals surface area (Å²) >= 11 is 3.12. The van der Waals surface area contributed by atoms with E-state index in [9.17, 15) is 18.0 Å². The highest BCUT2D eigenvalue weighted by Crippen LogP contribution is 2.36. The highest BCUT2D eigenvalue weighted by Gasteiger charge is 2.46. The van der Waals surface area contributed by atoms with Crippen molar-refractivity contribution in [1.29, 1.82) is 0 Å². The number of ether oxygens (including phenoxy) is 1. The van der Waals surface area contributed by atoms with Crippen LogP contribution in [0.1, 0.15) is 12.0 Å². The molecule has 0 aromatic heterocycles. The Morgan fingerprint density at radius 1 is 1.42 bits per heavy atom. The Hall–Kier alpha value is -1.08. The third kappa shape index (κ3) is 2.76. The first-order chi connectivity index (χ1) is 8.95.